The van der Waals surface area contributed by atoms with Crippen molar-refractivity contribution in [3.8, 4) is 0 Å². The summed E-state index contributed by atoms with van der Waals surface area (Å²) in [5, 5.41) is 0. The zero-order chi connectivity index (χ0) is 15.8. The van der Waals surface area contributed by atoms with E-state index in [1.54, 1.807) is 0 Å². The van der Waals surface area contributed by atoms with E-state index >= 15 is 0 Å². The lowest BCUT2D eigenvalue weighted by Crippen LogP contribution is -2.27. The van der Waals surface area contributed by atoms with Gasteiger partial charge in [0, 0.05) is 6.42 Å². The largest absolute Gasteiger partial charge is 0.449 e. The molecule has 0 spiro atoms. The predicted molar refractivity (Wildman–Crippen MR) is 90.3 cm³/mol. The molecule has 0 heterocycles. The molecule has 0 aromatic heterocycles. The summed E-state index contributed by atoms with van der Waals surface area (Å²) in [5.41, 5.74) is 0. The van der Waals surface area contributed by atoms with Crippen molar-refractivity contribution in [3.63, 3.8) is 0 Å². The van der Waals surface area contributed by atoms with Crippen LogP contribution in [0.15, 0.2) is 0 Å². The quantitative estimate of drug-likeness (QED) is 0.238. The molecule has 0 aliphatic heterocycles. The van der Waals surface area contributed by atoms with Gasteiger partial charge in [0.2, 0.25) is 0 Å². The lowest BCUT2D eigenvalue weighted by atomic mass is 10.1. The van der Waals surface area contributed by atoms with E-state index in [1.807, 2.05) is 0 Å². The number of hydrogen-bond donors (Lipinski definition) is 0. The summed E-state index contributed by atoms with van der Waals surface area (Å²) >= 11 is 0. The van der Waals surface area contributed by atoms with Crippen LogP contribution >= 0.6 is 0 Å². The van der Waals surface area contributed by atoms with Crippen LogP contribution in [0.25, 0.3) is 0 Å². The Balaban J connectivity index is 3.25. The molecule has 3 nitrogen and oxygen atoms in total. The van der Waals surface area contributed by atoms with Crippen LogP contribution in [0.5, 0.6) is 0 Å². The van der Waals surface area contributed by atoms with Gasteiger partial charge >= 0.3 is 5.97 Å². The molecule has 21 heavy (non-hydrogen) atoms. The molecule has 0 atom stereocenters. The van der Waals surface area contributed by atoms with E-state index in [9.17, 15) is 4.79 Å². The monoisotopic (exact) mass is 299 g/mol. The van der Waals surface area contributed by atoms with Gasteiger partial charge < -0.3 is 4.74 Å². The van der Waals surface area contributed by atoms with Crippen molar-refractivity contribution < 1.29 is 9.53 Å². The molecule has 0 rings (SSSR count). The Morgan fingerprint density at radius 3 is 1.71 bits per heavy atom. The molecule has 0 saturated carbocycles. The summed E-state index contributed by atoms with van der Waals surface area (Å²) in [4.78, 5) is 13.7. The third-order valence-electron chi connectivity index (χ3n) is 4.04. The summed E-state index contributed by atoms with van der Waals surface area (Å²) in [7, 11) is 0. The molecule has 0 amide bonds. The second-order valence-electron chi connectivity index (χ2n) is 5.88. The van der Waals surface area contributed by atoms with Crippen LogP contribution in [-0.4, -0.2) is 30.7 Å². The number of unbranched alkanes of at least 4 members (excludes halogenated alkanes) is 9. The Bertz CT molecular complexity index is 227. The van der Waals surface area contributed by atoms with Crippen LogP contribution in [0, 0.1) is 0 Å². The standard InChI is InChI=1S/C18H37NO2/c1-4-7-8-9-10-11-12-13-14-15-16-18(20)21-17-19(5-2)6-3/h4-17H2,1-3H3. The van der Waals surface area contributed by atoms with Gasteiger partial charge in [0.15, 0.2) is 0 Å². The molecule has 0 aromatic rings. The third-order valence-corrected chi connectivity index (χ3v) is 4.04. The van der Waals surface area contributed by atoms with Crippen LogP contribution in [0.2, 0.25) is 0 Å². The summed E-state index contributed by atoms with van der Waals surface area (Å²) in [5.74, 6) is -0.0403. The first-order chi connectivity index (χ1) is 10.2. The molecule has 126 valence electrons. The van der Waals surface area contributed by atoms with Gasteiger partial charge in [0.05, 0.1) is 0 Å². The molecule has 0 fully saturated rings. The van der Waals surface area contributed by atoms with Crippen molar-refractivity contribution in [2.45, 2.75) is 91.4 Å². The van der Waals surface area contributed by atoms with E-state index in [2.05, 4.69) is 25.7 Å². The summed E-state index contributed by atoms with van der Waals surface area (Å²) in [6.45, 7) is 8.74. The zero-order valence-electron chi connectivity index (χ0n) is 14.7. The molecule has 0 unspecified atom stereocenters. The second-order valence-corrected chi connectivity index (χ2v) is 5.88. The molecule has 0 aliphatic carbocycles. The minimum Gasteiger partial charge on any atom is -0.449 e. The SMILES string of the molecule is CCCCCCCCCCCCC(=O)OCN(CC)CC. The van der Waals surface area contributed by atoms with Gasteiger partial charge in [-0.3, -0.25) is 9.69 Å². The number of esters is 1. The maximum absolute atomic E-state index is 11.6. The number of rotatable bonds is 15. The summed E-state index contributed by atoms with van der Waals surface area (Å²) in [6.07, 6.45) is 13.5. The molecule has 0 bridgehead atoms. The highest BCUT2D eigenvalue weighted by Crippen LogP contribution is 2.11. The fraction of sp³-hybridized carbons (Fsp3) is 0.944. The lowest BCUT2D eigenvalue weighted by Gasteiger charge is -2.17. The number of hydrogen-bond acceptors (Lipinski definition) is 3. The van der Waals surface area contributed by atoms with Gasteiger partial charge in [-0.05, 0) is 19.5 Å². The summed E-state index contributed by atoms with van der Waals surface area (Å²) in [6, 6.07) is 0. The minimum absolute atomic E-state index is 0.0403. The fourth-order valence-corrected chi connectivity index (χ4v) is 2.40. The number of nitrogens with zero attached hydrogens (tertiary/aromatic N) is 1. The molecular formula is C18H37NO2. The van der Waals surface area contributed by atoms with Gasteiger partial charge in [-0.15, -0.1) is 0 Å². The molecule has 0 aromatic carbocycles. The smallest absolute Gasteiger partial charge is 0.307 e. The van der Waals surface area contributed by atoms with Gasteiger partial charge in [-0.25, -0.2) is 0 Å². The van der Waals surface area contributed by atoms with Gasteiger partial charge in [-0.1, -0.05) is 78.6 Å². The minimum atomic E-state index is -0.0403. The Morgan fingerprint density at radius 2 is 1.24 bits per heavy atom. The first-order valence-electron chi connectivity index (χ1n) is 9.12. The summed E-state index contributed by atoms with van der Waals surface area (Å²) < 4.78 is 5.26. The molecular weight excluding hydrogens is 262 g/mol. The van der Waals surface area contributed by atoms with E-state index < -0.39 is 0 Å². The highest BCUT2D eigenvalue weighted by Gasteiger charge is 2.05. The molecule has 0 N–H and O–H groups in total. The Labute approximate surface area is 132 Å². The normalized spacial score (nSPS) is 11.0. The molecule has 0 aliphatic rings. The van der Waals surface area contributed by atoms with Crippen molar-refractivity contribution in [2.24, 2.45) is 0 Å². The Kier molecular flexibility index (Phi) is 15.4. The van der Waals surface area contributed by atoms with Crippen molar-refractivity contribution in [2.75, 3.05) is 19.8 Å². The average Bonchev–Trinajstić information content (AvgIpc) is 2.50. The lowest BCUT2D eigenvalue weighted by molar-refractivity contribution is -0.148. The maximum Gasteiger partial charge on any atom is 0.307 e. The van der Waals surface area contributed by atoms with Gasteiger partial charge in [-0.2, -0.15) is 0 Å². The highest BCUT2D eigenvalue weighted by molar-refractivity contribution is 5.69. The van der Waals surface area contributed by atoms with Crippen LogP contribution < -0.4 is 0 Å². The number of carbonyl (C=O) groups excluding carboxylic acids is 1. The number of ether oxygens (including phenoxy) is 1. The van der Waals surface area contributed by atoms with Gasteiger partial charge in [0.1, 0.15) is 6.73 Å². The Hall–Kier alpha value is -0.570. The van der Waals surface area contributed by atoms with Crippen molar-refractivity contribution >= 4 is 5.97 Å². The zero-order valence-corrected chi connectivity index (χ0v) is 14.7. The van der Waals surface area contributed by atoms with Gasteiger partial charge in [0.25, 0.3) is 0 Å². The second kappa shape index (κ2) is 15.8. The average molecular weight is 299 g/mol. The first kappa shape index (κ1) is 20.4. The topological polar surface area (TPSA) is 29.5 Å². The van der Waals surface area contributed by atoms with E-state index in [0.717, 1.165) is 25.9 Å². The highest BCUT2D eigenvalue weighted by atomic mass is 16.5. The van der Waals surface area contributed by atoms with Crippen molar-refractivity contribution in [1.82, 2.24) is 4.90 Å². The first-order valence-corrected chi connectivity index (χ1v) is 9.12. The van der Waals surface area contributed by atoms with E-state index in [4.69, 9.17) is 4.74 Å². The van der Waals surface area contributed by atoms with E-state index in [0.29, 0.717) is 13.2 Å². The van der Waals surface area contributed by atoms with E-state index in [-0.39, 0.29) is 5.97 Å². The van der Waals surface area contributed by atoms with Crippen LogP contribution in [0.3, 0.4) is 0 Å². The predicted octanol–water partition coefficient (Wildman–Crippen LogP) is 5.14. The fourth-order valence-electron chi connectivity index (χ4n) is 2.40. The van der Waals surface area contributed by atoms with Crippen molar-refractivity contribution in [1.29, 1.82) is 0 Å². The van der Waals surface area contributed by atoms with E-state index in [1.165, 1.54) is 51.4 Å². The molecule has 3 heteroatoms. The number of carbonyl (C=O) groups is 1. The maximum atomic E-state index is 11.6. The van der Waals surface area contributed by atoms with Crippen LogP contribution in [-0.2, 0) is 9.53 Å². The molecule has 0 saturated heterocycles. The van der Waals surface area contributed by atoms with Crippen LogP contribution in [0.4, 0.5) is 0 Å². The molecule has 0 radical (unpaired) electrons. The third kappa shape index (κ3) is 14.1. The van der Waals surface area contributed by atoms with Crippen molar-refractivity contribution in [3.05, 3.63) is 0 Å². The van der Waals surface area contributed by atoms with Crippen LogP contribution in [0.1, 0.15) is 91.4 Å². The Morgan fingerprint density at radius 1 is 0.762 bits per heavy atom.